The Bertz CT molecular complexity index is 513. The zero-order valence-electron chi connectivity index (χ0n) is 9.34. The molecule has 0 saturated carbocycles. The molecule has 0 bridgehead atoms. The van der Waals surface area contributed by atoms with E-state index in [0.29, 0.717) is 23.8 Å². The average Bonchev–Trinajstić information content (AvgIpc) is 2.79. The van der Waals surface area contributed by atoms with E-state index in [1.54, 1.807) is 12.3 Å². The van der Waals surface area contributed by atoms with E-state index in [1.165, 1.54) is 12.1 Å². The standard InChI is InChI=1S/C12H12ClFN2O/c1-2-15-7-12-16-6-11(17-12)8-3-4-10(14)9(13)5-8/h3-6,15H,2,7H2,1H3. The number of benzene rings is 1. The highest BCUT2D eigenvalue weighted by molar-refractivity contribution is 6.31. The number of rotatable bonds is 4. The lowest BCUT2D eigenvalue weighted by Crippen LogP contribution is -2.11. The van der Waals surface area contributed by atoms with Gasteiger partial charge >= 0.3 is 0 Å². The van der Waals surface area contributed by atoms with Crippen molar-refractivity contribution < 1.29 is 8.81 Å². The van der Waals surface area contributed by atoms with E-state index in [0.717, 1.165) is 6.54 Å². The molecule has 1 aromatic heterocycles. The molecule has 5 heteroatoms. The minimum atomic E-state index is -0.442. The Morgan fingerprint density at radius 2 is 2.29 bits per heavy atom. The van der Waals surface area contributed by atoms with Crippen LogP contribution in [0, 0.1) is 5.82 Å². The second kappa shape index (κ2) is 5.29. The molecule has 0 aliphatic carbocycles. The van der Waals surface area contributed by atoms with Crippen molar-refractivity contribution in [3.05, 3.63) is 41.1 Å². The first kappa shape index (κ1) is 12.1. The van der Waals surface area contributed by atoms with Gasteiger partial charge in [-0.25, -0.2) is 9.37 Å². The van der Waals surface area contributed by atoms with Gasteiger partial charge in [0.1, 0.15) is 5.82 Å². The summed E-state index contributed by atoms with van der Waals surface area (Å²) in [6.45, 7) is 3.43. The van der Waals surface area contributed by atoms with Crippen LogP contribution in [0.2, 0.25) is 5.02 Å². The maximum atomic E-state index is 13.0. The molecule has 2 rings (SSSR count). The van der Waals surface area contributed by atoms with Crippen molar-refractivity contribution in [2.75, 3.05) is 6.54 Å². The summed E-state index contributed by atoms with van der Waals surface area (Å²) in [7, 11) is 0. The lowest BCUT2D eigenvalue weighted by molar-refractivity contribution is 0.482. The lowest BCUT2D eigenvalue weighted by atomic mass is 10.2. The quantitative estimate of drug-likeness (QED) is 0.910. The molecule has 0 amide bonds. The Kier molecular flexibility index (Phi) is 3.76. The highest BCUT2D eigenvalue weighted by atomic mass is 35.5. The predicted octanol–water partition coefficient (Wildman–Crippen LogP) is 3.24. The summed E-state index contributed by atoms with van der Waals surface area (Å²) in [4.78, 5) is 4.12. The van der Waals surface area contributed by atoms with Gasteiger partial charge in [-0.05, 0) is 24.7 Å². The van der Waals surface area contributed by atoms with Crippen molar-refractivity contribution in [1.82, 2.24) is 10.3 Å². The van der Waals surface area contributed by atoms with Gasteiger partial charge < -0.3 is 9.73 Å². The molecule has 0 unspecified atom stereocenters. The molecule has 2 aromatic rings. The van der Waals surface area contributed by atoms with Gasteiger partial charge in [0.05, 0.1) is 17.8 Å². The van der Waals surface area contributed by atoms with E-state index in [2.05, 4.69) is 10.3 Å². The normalized spacial score (nSPS) is 10.8. The van der Waals surface area contributed by atoms with Crippen LogP contribution in [0.15, 0.2) is 28.8 Å². The summed E-state index contributed by atoms with van der Waals surface area (Å²) < 4.78 is 18.5. The first-order valence-corrected chi connectivity index (χ1v) is 5.69. The molecule has 1 aromatic carbocycles. The topological polar surface area (TPSA) is 38.1 Å². The highest BCUT2D eigenvalue weighted by Gasteiger charge is 2.08. The van der Waals surface area contributed by atoms with Gasteiger partial charge in [0, 0.05) is 5.56 Å². The molecule has 0 saturated heterocycles. The van der Waals surface area contributed by atoms with Gasteiger partial charge in [0.25, 0.3) is 0 Å². The minimum Gasteiger partial charge on any atom is -0.439 e. The summed E-state index contributed by atoms with van der Waals surface area (Å²) in [5.41, 5.74) is 0.714. The Morgan fingerprint density at radius 1 is 1.47 bits per heavy atom. The number of aromatic nitrogens is 1. The van der Waals surface area contributed by atoms with Gasteiger partial charge in [-0.15, -0.1) is 0 Å². The van der Waals surface area contributed by atoms with Crippen LogP contribution in [0.1, 0.15) is 12.8 Å². The summed E-state index contributed by atoms with van der Waals surface area (Å²) in [6, 6.07) is 4.44. The minimum absolute atomic E-state index is 0.0760. The Balaban J connectivity index is 2.21. The van der Waals surface area contributed by atoms with Gasteiger partial charge in [0.2, 0.25) is 5.89 Å². The van der Waals surface area contributed by atoms with Crippen molar-refractivity contribution in [2.24, 2.45) is 0 Å². The second-order valence-electron chi connectivity index (χ2n) is 3.53. The van der Waals surface area contributed by atoms with Crippen molar-refractivity contribution in [1.29, 1.82) is 0 Å². The van der Waals surface area contributed by atoms with E-state index in [1.807, 2.05) is 6.92 Å². The number of hydrogen-bond acceptors (Lipinski definition) is 3. The maximum Gasteiger partial charge on any atom is 0.208 e. The van der Waals surface area contributed by atoms with E-state index in [9.17, 15) is 4.39 Å². The number of nitrogens with zero attached hydrogens (tertiary/aromatic N) is 1. The third-order valence-electron chi connectivity index (χ3n) is 2.28. The summed E-state index contributed by atoms with van der Waals surface area (Å²) in [6.07, 6.45) is 1.61. The van der Waals surface area contributed by atoms with Crippen molar-refractivity contribution in [2.45, 2.75) is 13.5 Å². The summed E-state index contributed by atoms with van der Waals surface area (Å²) in [5, 5.41) is 3.18. The number of oxazole rings is 1. The van der Waals surface area contributed by atoms with Crippen LogP contribution in [-0.2, 0) is 6.54 Å². The van der Waals surface area contributed by atoms with E-state index < -0.39 is 5.82 Å². The molecule has 1 heterocycles. The number of nitrogens with one attached hydrogen (secondary N) is 1. The summed E-state index contributed by atoms with van der Waals surface area (Å²) in [5.74, 6) is 0.741. The van der Waals surface area contributed by atoms with Crippen molar-refractivity contribution in [3.8, 4) is 11.3 Å². The molecule has 0 aliphatic heterocycles. The molecule has 17 heavy (non-hydrogen) atoms. The number of hydrogen-bond donors (Lipinski definition) is 1. The van der Waals surface area contributed by atoms with Crippen LogP contribution in [0.25, 0.3) is 11.3 Å². The fraction of sp³-hybridized carbons (Fsp3) is 0.250. The molecule has 0 spiro atoms. The van der Waals surface area contributed by atoms with Crippen LogP contribution in [0.4, 0.5) is 4.39 Å². The van der Waals surface area contributed by atoms with Crippen molar-refractivity contribution >= 4 is 11.6 Å². The third kappa shape index (κ3) is 2.84. The predicted molar refractivity (Wildman–Crippen MR) is 64.3 cm³/mol. The Hall–Kier alpha value is -1.39. The van der Waals surface area contributed by atoms with Gasteiger partial charge in [-0.1, -0.05) is 18.5 Å². The fourth-order valence-corrected chi connectivity index (χ4v) is 1.59. The molecule has 0 aliphatic rings. The third-order valence-corrected chi connectivity index (χ3v) is 2.57. The lowest BCUT2D eigenvalue weighted by Gasteiger charge is -1.99. The Labute approximate surface area is 104 Å². The van der Waals surface area contributed by atoms with E-state index in [-0.39, 0.29) is 5.02 Å². The number of halogens is 2. The van der Waals surface area contributed by atoms with Crippen LogP contribution >= 0.6 is 11.6 Å². The van der Waals surface area contributed by atoms with Gasteiger partial charge in [0.15, 0.2) is 5.76 Å². The first-order valence-electron chi connectivity index (χ1n) is 5.31. The first-order chi connectivity index (χ1) is 8.20. The fourth-order valence-electron chi connectivity index (χ4n) is 1.41. The average molecular weight is 255 g/mol. The molecular formula is C12H12ClFN2O. The highest BCUT2D eigenvalue weighted by Crippen LogP contribution is 2.25. The molecule has 1 N–H and O–H groups in total. The van der Waals surface area contributed by atoms with Crippen LogP contribution in [0.5, 0.6) is 0 Å². The molecule has 3 nitrogen and oxygen atoms in total. The van der Waals surface area contributed by atoms with Crippen LogP contribution in [-0.4, -0.2) is 11.5 Å². The van der Waals surface area contributed by atoms with Crippen LogP contribution in [0.3, 0.4) is 0 Å². The molecule has 0 fully saturated rings. The molecule has 90 valence electrons. The zero-order valence-corrected chi connectivity index (χ0v) is 10.1. The smallest absolute Gasteiger partial charge is 0.208 e. The molecule has 0 radical (unpaired) electrons. The van der Waals surface area contributed by atoms with E-state index >= 15 is 0 Å². The molecule has 0 atom stereocenters. The van der Waals surface area contributed by atoms with E-state index in [4.69, 9.17) is 16.0 Å². The monoisotopic (exact) mass is 254 g/mol. The van der Waals surface area contributed by atoms with Crippen molar-refractivity contribution in [3.63, 3.8) is 0 Å². The molecular weight excluding hydrogens is 243 g/mol. The second-order valence-corrected chi connectivity index (χ2v) is 3.93. The zero-order chi connectivity index (χ0) is 12.3. The Morgan fingerprint density at radius 3 is 3.00 bits per heavy atom. The summed E-state index contributed by atoms with van der Waals surface area (Å²) >= 11 is 5.70. The largest absolute Gasteiger partial charge is 0.439 e. The maximum absolute atomic E-state index is 13.0. The van der Waals surface area contributed by atoms with Gasteiger partial charge in [-0.3, -0.25) is 0 Å². The van der Waals surface area contributed by atoms with Gasteiger partial charge in [-0.2, -0.15) is 0 Å². The van der Waals surface area contributed by atoms with Crippen LogP contribution < -0.4 is 5.32 Å². The SMILES string of the molecule is CCNCc1ncc(-c2ccc(F)c(Cl)c2)o1.